The average molecular weight is 243 g/mol. The summed E-state index contributed by atoms with van der Waals surface area (Å²) < 4.78 is 5.74. The number of hydrogen-bond donors (Lipinski definition) is 1. The number of nitrogens with one attached hydrogen (secondary N) is 1. The van der Waals surface area contributed by atoms with Crippen molar-refractivity contribution < 1.29 is 4.74 Å². The van der Waals surface area contributed by atoms with E-state index in [9.17, 15) is 0 Å². The molecule has 3 nitrogen and oxygen atoms in total. The van der Waals surface area contributed by atoms with Gasteiger partial charge in [-0.15, -0.1) is 12.4 Å². The van der Waals surface area contributed by atoms with Gasteiger partial charge in [-0.25, -0.2) is 4.98 Å². The monoisotopic (exact) mass is 242 g/mol. The Hall–Kier alpha value is -0.800. The molecule has 0 unspecified atom stereocenters. The Balaban J connectivity index is 0.00000128. The van der Waals surface area contributed by atoms with Crippen LogP contribution in [0.3, 0.4) is 0 Å². The molecule has 0 fully saturated rings. The standard InChI is InChI=1S/C12H18N2O.ClH/c1-12(2,3)15-11-5-4-9-8-13-7-6-10(9)14-11;/h4-5,13H,6-8H2,1-3H3;1H. The molecule has 4 heteroatoms. The fourth-order valence-electron chi connectivity index (χ4n) is 1.69. The zero-order valence-corrected chi connectivity index (χ0v) is 10.9. The Morgan fingerprint density at radius 2 is 2.06 bits per heavy atom. The molecule has 0 aromatic carbocycles. The SMILES string of the molecule is CC(C)(C)Oc1ccc2c(n1)CCNC2.Cl. The largest absolute Gasteiger partial charge is 0.472 e. The third-order valence-corrected chi connectivity index (χ3v) is 2.31. The highest BCUT2D eigenvalue weighted by molar-refractivity contribution is 5.85. The molecule has 0 saturated carbocycles. The molecule has 0 spiro atoms. The summed E-state index contributed by atoms with van der Waals surface area (Å²) in [4.78, 5) is 4.54. The normalized spacial score (nSPS) is 14.9. The van der Waals surface area contributed by atoms with Crippen molar-refractivity contribution in [2.75, 3.05) is 6.54 Å². The van der Waals surface area contributed by atoms with Gasteiger partial charge in [-0.05, 0) is 26.3 Å². The second kappa shape index (κ2) is 5.02. The van der Waals surface area contributed by atoms with E-state index in [0.717, 1.165) is 25.4 Å². The molecule has 0 aliphatic carbocycles. The van der Waals surface area contributed by atoms with Gasteiger partial charge in [-0.2, -0.15) is 0 Å². The summed E-state index contributed by atoms with van der Waals surface area (Å²) >= 11 is 0. The van der Waals surface area contributed by atoms with E-state index >= 15 is 0 Å². The van der Waals surface area contributed by atoms with Gasteiger partial charge in [-0.3, -0.25) is 0 Å². The second-order valence-corrected chi connectivity index (χ2v) is 4.90. The van der Waals surface area contributed by atoms with Gasteiger partial charge in [0.15, 0.2) is 0 Å². The molecule has 1 aromatic rings. The van der Waals surface area contributed by atoms with Crippen LogP contribution in [-0.4, -0.2) is 17.1 Å². The molecule has 0 bridgehead atoms. The first-order valence-electron chi connectivity index (χ1n) is 5.43. The van der Waals surface area contributed by atoms with E-state index in [0.29, 0.717) is 0 Å². The van der Waals surface area contributed by atoms with Gasteiger partial charge < -0.3 is 10.1 Å². The summed E-state index contributed by atoms with van der Waals surface area (Å²) in [5.41, 5.74) is 2.30. The Kier molecular flexibility index (Phi) is 4.16. The van der Waals surface area contributed by atoms with E-state index in [1.165, 1.54) is 11.3 Å². The zero-order valence-electron chi connectivity index (χ0n) is 10.0. The van der Waals surface area contributed by atoms with Crippen LogP contribution in [0.15, 0.2) is 12.1 Å². The Morgan fingerprint density at radius 1 is 1.31 bits per heavy atom. The van der Waals surface area contributed by atoms with Gasteiger partial charge >= 0.3 is 0 Å². The van der Waals surface area contributed by atoms with Crippen LogP contribution in [0.5, 0.6) is 5.88 Å². The van der Waals surface area contributed by atoms with E-state index in [2.05, 4.69) is 16.4 Å². The lowest BCUT2D eigenvalue weighted by Crippen LogP contribution is -2.26. The highest BCUT2D eigenvalue weighted by Crippen LogP contribution is 2.19. The predicted octanol–water partition coefficient (Wildman–Crippen LogP) is 2.33. The van der Waals surface area contributed by atoms with E-state index in [1.54, 1.807) is 0 Å². The molecular formula is C12H19ClN2O. The number of aromatic nitrogens is 1. The first kappa shape index (κ1) is 13.3. The van der Waals surface area contributed by atoms with Crippen molar-refractivity contribution in [3.8, 4) is 5.88 Å². The summed E-state index contributed by atoms with van der Waals surface area (Å²) in [5, 5.41) is 3.33. The van der Waals surface area contributed by atoms with Crippen molar-refractivity contribution in [1.82, 2.24) is 10.3 Å². The maximum atomic E-state index is 5.74. The van der Waals surface area contributed by atoms with Crippen LogP contribution in [0.1, 0.15) is 32.0 Å². The quantitative estimate of drug-likeness (QED) is 0.821. The van der Waals surface area contributed by atoms with Gasteiger partial charge in [0, 0.05) is 25.6 Å². The van der Waals surface area contributed by atoms with Crippen LogP contribution in [0.2, 0.25) is 0 Å². The molecule has 1 aromatic heterocycles. The summed E-state index contributed by atoms with van der Waals surface area (Å²) in [6.07, 6.45) is 0.997. The van der Waals surface area contributed by atoms with Gasteiger partial charge in [0.1, 0.15) is 5.60 Å². The third kappa shape index (κ3) is 3.35. The summed E-state index contributed by atoms with van der Waals surface area (Å²) in [5.74, 6) is 0.739. The minimum Gasteiger partial charge on any atom is -0.472 e. The van der Waals surface area contributed by atoms with E-state index in [-0.39, 0.29) is 18.0 Å². The highest BCUT2D eigenvalue weighted by atomic mass is 35.5. The molecule has 0 saturated heterocycles. The van der Waals surface area contributed by atoms with Crippen molar-refractivity contribution in [3.05, 3.63) is 23.4 Å². The lowest BCUT2D eigenvalue weighted by atomic mass is 10.1. The molecule has 1 N–H and O–H groups in total. The summed E-state index contributed by atoms with van der Waals surface area (Å²) in [6.45, 7) is 8.05. The van der Waals surface area contributed by atoms with E-state index < -0.39 is 0 Å². The van der Waals surface area contributed by atoms with Crippen LogP contribution in [-0.2, 0) is 13.0 Å². The Labute approximate surface area is 103 Å². The highest BCUT2D eigenvalue weighted by Gasteiger charge is 2.15. The minimum absolute atomic E-state index is 0. The summed E-state index contributed by atoms with van der Waals surface area (Å²) in [7, 11) is 0. The molecule has 0 radical (unpaired) electrons. The molecule has 2 rings (SSSR count). The molecule has 0 atom stereocenters. The lowest BCUT2D eigenvalue weighted by Gasteiger charge is -2.22. The number of halogens is 1. The van der Waals surface area contributed by atoms with Gasteiger partial charge in [0.25, 0.3) is 0 Å². The first-order chi connectivity index (χ1) is 7.04. The van der Waals surface area contributed by atoms with Crippen molar-refractivity contribution >= 4 is 12.4 Å². The van der Waals surface area contributed by atoms with E-state index in [1.807, 2.05) is 26.8 Å². The van der Waals surface area contributed by atoms with Crippen LogP contribution in [0.25, 0.3) is 0 Å². The molecule has 0 amide bonds. The fraction of sp³-hybridized carbons (Fsp3) is 0.583. The summed E-state index contributed by atoms with van der Waals surface area (Å²) in [6, 6.07) is 4.06. The Morgan fingerprint density at radius 3 is 2.75 bits per heavy atom. The molecule has 2 heterocycles. The maximum absolute atomic E-state index is 5.74. The first-order valence-corrected chi connectivity index (χ1v) is 5.43. The average Bonchev–Trinajstić information content (AvgIpc) is 2.15. The van der Waals surface area contributed by atoms with Crippen LogP contribution in [0.4, 0.5) is 0 Å². The molecule has 1 aliphatic rings. The predicted molar refractivity (Wildman–Crippen MR) is 67.3 cm³/mol. The molecule has 90 valence electrons. The lowest BCUT2D eigenvalue weighted by molar-refractivity contribution is 0.123. The van der Waals surface area contributed by atoms with Gasteiger partial charge in [0.05, 0.1) is 5.69 Å². The van der Waals surface area contributed by atoms with Crippen molar-refractivity contribution in [2.24, 2.45) is 0 Å². The van der Waals surface area contributed by atoms with Crippen molar-refractivity contribution in [1.29, 1.82) is 0 Å². The van der Waals surface area contributed by atoms with E-state index in [4.69, 9.17) is 4.74 Å². The van der Waals surface area contributed by atoms with Crippen LogP contribution < -0.4 is 10.1 Å². The van der Waals surface area contributed by atoms with Crippen LogP contribution in [0, 0.1) is 0 Å². The maximum Gasteiger partial charge on any atom is 0.213 e. The number of ether oxygens (including phenoxy) is 1. The van der Waals surface area contributed by atoms with Crippen molar-refractivity contribution in [2.45, 2.75) is 39.3 Å². The molecule has 1 aliphatic heterocycles. The number of hydrogen-bond acceptors (Lipinski definition) is 3. The Bertz CT molecular complexity index is 361. The minimum atomic E-state index is -0.172. The van der Waals surface area contributed by atoms with Gasteiger partial charge in [-0.1, -0.05) is 6.07 Å². The van der Waals surface area contributed by atoms with Crippen molar-refractivity contribution in [3.63, 3.8) is 0 Å². The topological polar surface area (TPSA) is 34.1 Å². The number of fused-ring (bicyclic) bond motifs is 1. The third-order valence-electron chi connectivity index (χ3n) is 2.31. The smallest absolute Gasteiger partial charge is 0.213 e. The van der Waals surface area contributed by atoms with Gasteiger partial charge in [0.2, 0.25) is 5.88 Å². The number of nitrogens with zero attached hydrogens (tertiary/aromatic N) is 1. The molecule has 16 heavy (non-hydrogen) atoms. The molecular weight excluding hydrogens is 224 g/mol. The zero-order chi connectivity index (χ0) is 10.9. The number of rotatable bonds is 1. The fourth-order valence-corrected chi connectivity index (χ4v) is 1.69. The van der Waals surface area contributed by atoms with Crippen LogP contribution >= 0.6 is 12.4 Å². The number of pyridine rings is 1. The second-order valence-electron chi connectivity index (χ2n) is 4.90.